The number of methoxy groups -OCH3 is 1. The molecule has 0 fully saturated rings. The van der Waals surface area contributed by atoms with Crippen LogP contribution in [0, 0.1) is 6.92 Å². The first kappa shape index (κ1) is 17.1. The number of aromatic nitrogens is 2. The standard InChI is InChI=1S/C18H26N4O/c1-4-5-11-19-17-13-18(22-14(2)21-17)20-12-10-15-8-6-7-9-16(15)23-3/h6-9,13H,4-5,10-12H2,1-3H3,(H2,19,20,21,22). The third-order valence-electron chi connectivity index (χ3n) is 3.57. The van der Waals surface area contributed by atoms with Crippen LogP contribution in [0.1, 0.15) is 31.2 Å². The van der Waals surface area contributed by atoms with Gasteiger partial charge in [-0.3, -0.25) is 0 Å². The van der Waals surface area contributed by atoms with E-state index in [-0.39, 0.29) is 0 Å². The van der Waals surface area contributed by atoms with Gasteiger partial charge in [0.25, 0.3) is 0 Å². The van der Waals surface area contributed by atoms with Crippen molar-refractivity contribution < 1.29 is 4.74 Å². The maximum Gasteiger partial charge on any atom is 0.131 e. The van der Waals surface area contributed by atoms with Crippen molar-refractivity contribution in [3.8, 4) is 5.75 Å². The molecule has 5 nitrogen and oxygen atoms in total. The van der Waals surface area contributed by atoms with Crippen LogP contribution in [0.3, 0.4) is 0 Å². The van der Waals surface area contributed by atoms with Gasteiger partial charge in [-0.1, -0.05) is 31.5 Å². The van der Waals surface area contributed by atoms with E-state index in [1.54, 1.807) is 7.11 Å². The van der Waals surface area contributed by atoms with Crippen LogP contribution in [0.25, 0.3) is 0 Å². The fourth-order valence-corrected chi connectivity index (χ4v) is 2.38. The van der Waals surface area contributed by atoms with Gasteiger partial charge in [0.2, 0.25) is 0 Å². The lowest BCUT2D eigenvalue weighted by Gasteiger charge is -2.11. The molecule has 0 aliphatic carbocycles. The summed E-state index contributed by atoms with van der Waals surface area (Å²) in [5.74, 6) is 3.43. The molecule has 0 amide bonds. The van der Waals surface area contributed by atoms with Gasteiger partial charge in [-0.15, -0.1) is 0 Å². The molecule has 2 aromatic rings. The molecule has 0 saturated carbocycles. The Kier molecular flexibility index (Phi) is 6.66. The summed E-state index contributed by atoms with van der Waals surface area (Å²) in [7, 11) is 1.70. The average Bonchev–Trinajstić information content (AvgIpc) is 2.55. The number of ether oxygens (including phenoxy) is 1. The molecular weight excluding hydrogens is 288 g/mol. The second-order valence-electron chi connectivity index (χ2n) is 5.45. The number of anilines is 2. The van der Waals surface area contributed by atoms with Crippen LogP contribution in [0.4, 0.5) is 11.6 Å². The highest BCUT2D eigenvalue weighted by molar-refractivity contribution is 5.47. The lowest BCUT2D eigenvalue weighted by Crippen LogP contribution is -2.10. The molecule has 0 aliphatic heterocycles. The third-order valence-corrected chi connectivity index (χ3v) is 3.57. The number of hydrogen-bond acceptors (Lipinski definition) is 5. The summed E-state index contributed by atoms with van der Waals surface area (Å²) in [4.78, 5) is 8.86. The van der Waals surface area contributed by atoms with Crippen LogP contribution in [0.5, 0.6) is 5.75 Å². The SMILES string of the molecule is CCCCNc1cc(NCCc2ccccc2OC)nc(C)n1. The Labute approximate surface area is 138 Å². The Bertz CT molecular complexity index is 616. The first-order chi connectivity index (χ1) is 11.2. The Morgan fingerprint density at radius 1 is 1.04 bits per heavy atom. The van der Waals surface area contributed by atoms with E-state index in [1.807, 2.05) is 31.2 Å². The zero-order valence-corrected chi connectivity index (χ0v) is 14.2. The number of nitrogens with zero attached hydrogens (tertiary/aromatic N) is 2. The van der Waals surface area contributed by atoms with Gasteiger partial charge in [-0.25, -0.2) is 9.97 Å². The van der Waals surface area contributed by atoms with E-state index in [4.69, 9.17) is 4.74 Å². The van der Waals surface area contributed by atoms with E-state index in [2.05, 4.69) is 33.6 Å². The number of para-hydroxylation sites is 1. The molecule has 1 aromatic carbocycles. The second kappa shape index (κ2) is 8.98. The van der Waals surface area contributed by atoms with Gasteiger partial charge < -0.3 is 15.4 Å². The van der Waals surface area contributed by atoms with Crippen molar-refractivity contribution in [1.82, 2.24) is 9.97 Å². The van der Waals surface area contributed by atoms with Crippen molar-refractivity contribution in [3.63, 3.8) is 0 Å². The monoisotopic (exact) mass is 314 g/mol. The molecule has 2 rings (SSSR count). The normalized spacial score (nSPS) is 10.4. The van der Waals surface area contributed by atoms with Gasteiger partial charge >= 0.3 is 0 Å². The van der Waals surface area contributed by atoms with Crippen LogP contribution in [-0.4, -0.2) is 30.2 Å². The van der Waals surface area contributed by atoms with Gasteiger partial charge in [-0.05, 0) is 31.4 Å². The van der Waals surface area contributed by atoms with Gasteiger partial charge in [0.1, 0.15) is 23.2 Å². The van der Waals surface area contributed by atoms with Crippen molar-refractivity contribution >= 4 is 11.6 Å². The molecule has 2 N–H and O–H groups in total. The predicted octanol–water partition coefficient (Wildman–Crippen LogP) is 3.66. The summed E-state index contributed by atoms with van der Waals surface area (Å²) in [5, 5.41) is 6.71. The summed E-state index contributed by atoms with van der Waals surface area (Å²) >= 11 is 0. The van der Waals surface area contributed by atoms with Crippen molar-refractivity contribution in [2.45, 2.75) is 33.1 Å². The smallest absolute Gasteiger partial charge is 0.131 e. The fourth-order valence-electron chi connectivity index (χ4n) is 2.38. The molecule has 124 valence electrons. The highest BCUT2D eigenvalue weighted by atomic mass is 16.5. The maximum absolute atomic E-state index is 5.38. The maximum atomic E-state index is 5.38. The van der Waals surface area contributed by atoms with E-state index < -0.39 is 0 Å². The Morgan fingerprint density at radius 2 is 1.74 bits per heavy atom. The highest BCUT2D eigenvalue weighted by Crippen LogP contribution is 2.18. The average molecular weight is 314 g/mol. The minimum Gasteiger partial charge on any atom is -0.496 e. The highest BCUT2D eigenvalue weighted by Gasteiger charge is 2.04. The van der Waals surface area contributed by atoms with Crippen LogP contribution >= 0.6 is 0 Å². The van der Waals surface area contributed by atoms with E-state index in [9.17, 15) is 0 Å². The van der Waals surface area contributed by atoms with Gasteiger partial charge in [0.05, 0.1) is 7.11 Å². The summed E-state index contributed by atoms with van der Waals surface area (Å²) in [6.45, 7) is 5.83. The van der Waals surface area contributed by atoms with Gasteiger partial charge in [0.15, 0.2) is 0 Å². The van der Waals surface area contributed by atoms with Crippen molar-refractivity contribution in [2.24, 2.45) is 0 Å². The predicted molar refractivity (Wildman–Crippen MR) is 95.4 cm³/mol. The minimum atomic E-state index is 0.770. The lowest BCUT2D eigenvalue weighted by atomic mass is 10.1. The number of benzene rings is 1. The minimum absolute atomic E-state index is 0.770. The zero-order valence-electron chi connectivity index (χ0n) is 14.2. The Morgan fingerprint density at radius 3 is 2.43 bits per heavy atom. The summed E-state index contributed by atoms with van der Waals surface area (Å²) in [6.07, 6.45) is 3.19. The first-order valence-corrected chi connectivity index (χ1v) is 8.18. The molecule has 0 saturated heterocycles. The lowest BCUT2D eigenvalue weighted by molar-refractivity contribution is 0.410. The summed E-state index contributed by atoms with van der Waals surface area (Å²) < 4.78 is 5.38. The quantitative estimate of drug-likeness (QED) is 0.692. The molecule has 5 heteroatoms. The van der Waals surface area contributed by atoms with Crippen LogP contribution < -0.4 is 15.4 Å². The van der Waals surface area contributed by atoms with Gasteiger partial charge in [-0.2, -0.15) is 0 Å². The Hall–Kier alpha value is -2.30. The molecule has 0 radical (unpaired) electrons. The van der Waals surface area contributed by atoms with E-state index in [0.29, 0.717) is 0 Å². The largest absolute Gasteiger partial charge is 0.496 e. The first-order valence-electron chi connectivity index (χ1n) is 8.18. The second-order valence-corrected chi connectivity index (χ2v) is 5.45. The van der Waals surface area contributed by atoms with Crippen molar-refractivity contribution in [2.75, 3.05) is 30.8 Å². The van der Waals surface area contributed by atoms with E-state index in [1.165, 1.54) is 12.0 Å². The molecule has 1 heterocycles. The Balaban J connectivity index is 1.92. The van der Waals surface area contributed by atoms with Gasteiger partial charge in [0, 0.05) is 19.2 Å². The zero-order chi connectivity index (χ0) is 16.5. The van der Waals surface area contributed by atoms with Crippen LogP contribution in [0.15, 0.2) is 30.3 Å². The van der Waals surface area contributed by atoms with Crippen molar-refractivity contribution in [3.05, 3.63) is 41.7 Å². The third kappa shape index (κ3) is 5.43. The number of hydrogen-bond donors (Lipinski definition) is 2. The molecule has 1 aromatic heterocycles. The molecule has 0 aliphatic rings. The van der Waals surface area contributed by atoms with E-state index in [0.717, 1.165) is 49.1 Å². The number of nitrogens with one attached hydrogen (secondary N) is 2. The molecule has 0 spiro atoms. The van der Waals surface area contributed by atoms with E-state index >= 15 is 0 Å². The molecule has 23 heavy (non-hydrogen) atoms. The van der Waals surface area contributed by atoms with Crippen molar-refractivity contribution in [1.29, 1.82) is 0 Å². The number of aryl methyl sites for hydroxylation is 1. The topological polar surface area (TPSA) is 59.1 Å². The molecule has 0 unspecified atom stereocenters. The van der Waals surface area contributed by atoms with Crippen LogP contribution in [0.2, 0.25) is 0 Å². The summed E-state index contributed by atoms with van der Waals surface area (Å²) in [5.41, 5.74) is 1.19. The molecule has 0 bridgehead atoms. The molecular formula is C18H26N4O. The molecule has 0 atom stereocenters. The fraction of sp³-hybridized carbons (Fsp3) is 0.444. The summed E-state index contributed by atoms with van der Waals surface area (Å²) in [6, 6.07) is 10.1. The van der Waals surface area contributed by atoms with Crippen LogP contribution in [-0.2, 0) is 6.42 Å². The number of rotatable bonds is 9. The number of unbranched alkanes of at least 4 members (excludes halogenated alkanes) is 1.